The van der Waals surface area contributed by atoms with E-state index in [1.165, 1.54) is 18.2 Å². The molecule has 1 atom stereocenters. The molecule has 2 rings (SSSR count). The van der Waals surface area contributed by atoms with Crippen LogP contribution in [0, 0.1) is 0 Å². The summed E-state index contributed by atoms with van der Waals surface area (Å²) in [5.74, 6) is -0.236. The molecule has 2 aromatic rings. The van der Waals surface area contributed by atoms with E-state index in [4.69, 9.17) is 0 Å². The zero-order chi connectivity index (χ0) is 18.1. The summed E-state index contributed by atoms with van der Waals surface area (Å²) >= 11 is 0. The van der Waals surface area contributed by atoms with E-state index in [0.29, 0.717) is 18.5 Å². The summed E-state index contributed by atoms with van der Waals surface area (Å²) in [5, 5.41) is 12.7. The van der Waals surface area contributed by atoms with Gasteiger partial charge < -0.3 is 15.2 Å². The molecule has 0 radical (unpaired) electrons. The van der Waals surface area contributed by atoms with Crippen molar-refractivity contribution in [3.8, 4) is 5.75 Å². The second kappa shape index (κ2) is 9.54. The van der Waals surface area contributed by atoms with Gasteiger partial charge in [-0.05, 0) is 35.8 Å². The van der Waals surface area contributed by atoms with Gasteiger partial charge in [0.25, 0.3) is 0 Å². The lowest BCUT2D eigenvalue weighted by molar-refractivity contribution is -0.116. The van der Waals surface area contributed by atoms with Crippen molar-refractivity contribution in [2.45, 2.75) is 19.1 Å². The van der Waals surface area contributed by atoms with Crippen molar-refractivity contribution in [3.63, 3.8) is 0 Å². The molecule has 0 heterocycles. The minimum absolute atomic E-state index is 0.0616. The highest BCUT2D eigenvalue weighted by atomic mass is 19.3. The number of alkyl halides is 2. The number of hydrogen-bond acceptors (Lipinski definition) is 3. The maximum absolute atomic E-state index is 12.1. The van der Waals surface area contributed by atoms with Gasteiger partial charge in [-0.3, -0.25) is 4.79 Å². The van der Waals surface area contributed by atoms with Crippen LogP contribution < -0.4 is 10.1 Å². The van der Waals surface area contributed by atoms with Crippen LogP contribution in [0.1, 0.15) is 23.7 Å². The number of hydrogen-bond donors (Lipinski definition) is 2. The van der Waals surface area contributed by atoms with Crippen LogP contribution in [0.15, 0.2) is 60.7 Å². The number of carbonyl (C=O) groups excluding carboxylic acids is 1. The number of nitrogens with one attached hydrogen (secondary N) is 1. The average molecular weight is 347 g/mol. The Labute approximate surface area is 144 Å². The molecular weight excluding hydrogens is 328 g/mol. The molecule has 0 aliphatic heterocycles. The molecule has 4 nitrogen and oxygen atoms in total. The van der Waals surface area contributed by atoms with Gasteiger partial charge in [0, 0.05) is 12.6 Å². The van der Waals surface area contributed by atoms with Crippen molar-refractivity contribution in [2.75, 3.05) is 6.54 Å². The Morgan fingerprint density at radius 1 is 1.12 bits per heavy atom. The number of halogens is 2. The standard InChI is InChI=1S/C19H19F2NO3/c20-19(21)25-16-9-6-14(7-10-16)8-11-18(24)22-13-12-17(23)15-4-2-1-3-5-15/h1-11,17,19,23H,12-13H2,(H,22,24)/b11-8+. The van der Waals surface area contributed by atoms with Crippen molar-refractivity contribution in [1.82, 2.24) is 5.32 Å². The Balaban J connectivity index is 1.75. The van der Waals surface area contributed by atoms with Crippen molar-refractivity contribution >= 4 is 12.0 Å². The molecule has 132 valence electrons. The van der Waals surface area contributed by atoms with Gasteiger partial charge in [-0.25, -0.2) is 0 Å². The van der Waals surface area contributed by atoms with Crippen LogP contribution >= 0.6 is 0 Å². The predicted molar refractivity (Wildman–Crippen MR) is 91.1 cm³/mol. The molecule has 0 aliphatic rings. The Hall–Kier alpha value is -2.73. The summed E-state index contributed by atoms with van der Waals surface area (Å²) in [6.07, 6.45) is 2.68. The van der Waals surface area contributed by atoms with E-state index in [0.717, 1.165) is 5.56 Å². The molecular formula is C19H19F2NO3. The SMILES string of the molecule is O=C(/C=C/c1ccc(OC(F)F)cc1)NCCC(O)c1ccccc1. The second-order valence-electron chi connectivity index (χ2n) is 5.29. The highest BCUT2D eigenvalue weighted by Gasteiger charge is 2.07. The van der Waals surface area contributed by atoms with Crippen LogP contribution in [0.3, 0.4) is 0 Å². The number of aliphatic hydroxyl groups is 1. The smallest absolute Gasteiger partial charge is 0.387 e. The summed E-state index contributed by atoms with van der Waals surface area (Å²) in [6, 6.07) is 15.2. The zero-order valence-corrected chi connectivity index (χ0v) is 13.4. The maximum atomic E-state index is 12.1. The molecule has 1 amide bonds. The summed E-state index contributed by atoms with van der Waals surface area (Å²) in [5.41, 5.74) is 1.49. The van der Waals surface area contributed by atoms with Crippen LogP contribution in [-0.2, 0) is 4.79 Å². The lowest BCUT2D eigenvalue weighted by Crippen LogP contribution is -2.23. The van der Waals surface area contributed by atoms with Gasteiger partial charge in [0.05, 0.1) is 6.10 Å². The van der Waals surface area contributed by atoms with E-state index in [2.05, 4.69) is 10.1 Å². The van der Waals surface area contributed by atoms with E-state index < -0.39 is 12.7 Å². The molecule has 0 fully saturated rings. The topological polar surface area (TPSA) is 58.6 Å². The second-order valence-corrected chi connectivity index (χ2v) is 5.29. The largest absolute Gasteiger partial charge is 0.435 e. The van der Waals surface area contributed by atoms with Gasteiger partial charge in [0.1, 0.15) is 5.75 Å². The predicted octanol–water partition coefficient (Wildman–Crippen LogP) is 3.54. The molecule has 25 heavy (non-hydrogen) atoms. The van der Waals surface area contributed by atoms with Crippen molar-refractivity contribution in [2.24, 2.45) is 0 Å². The first kappa shape index (κ1) is 18.6. The Morgan fingerprint density at radius 2 is 1.80 bits per heavy atom. The first-order valence-corrected chi connectivity index (χ1v) is 7.78. The zero-order valence-electron chi connectivity index (χ0n) is 13.4. The van der Waals surface area contributed by atoms with Crippen molar-refractivity contribution < 1.29 is 23.4 Å². The third kappa shape index (κ3) is 6.73. The van der Waals surface area contributed by atoms with Crippen LogP contribution in [0.25, 0.3) is 6.08 Å². The summed E-state index contributed by atoms with van der Waals surface area (Å²) < 4.78 is 28.3. The van der Waals surface area contributed by atoms with E-state index in [1.807, 2.05) is 30.3 Å². The van der Waals surface area contributed by atoms with Gasteiger partial charge in [-0.15, -0.1) is 0 Å². The highest BCUT2D eigenvalue weighted by Crippen LogP contribution is 2.16. The van der Waals surface area contributed by atoms with Gasteiger partial charge >= 0.3 is 6.61 Å². The lowest BCUT2D eigenvalue weighted by atomic mass is 10.1. The fourth-order valence-corrected chi connectivity index (χ4v) is 2.17. The van der Waals surface area contributed by atoms with Gasteiger partial charge in [0.2, 0.25) is 5.91 Å². The van der Waals surface area contributed by atoms with Gasteiger partial charge in [0.15, 0.2) is 0 Å². The molecule has 6 heteroatoms. The van der Waals surface area contributed by atoms with E-state index >= 15 is 0 Å². The molecule has 1 unspecified atom stereocenters. The number of benzene rings is 2. The quantitative estimate of drug-likeness (QED) is 0.718. The lowest BCUT2D eigenvalue weighted by Gasteiger charge is -2.10. The monoisotopic (exact) mass is 347 g/mol. The third-order valence-electron chi connectivity index (χ3n) is 3.43. The number of carbonyl (C=O) groups is 1. The fraction of sp³-hybridized carbons (Fsp3) is 0.211. The van der Waals surface area contributed by atoms with Crippen LogP contribution in [0.5, 0.6) is 5.75 Å². The molecule has 0 aliphatic carbocycles. The minimum atomic E-state index is -2.86. The normalized spacial score (nSPS) is 12.3. The molecule has 2 N–H and O–H groups in total. The van der Waals surface area contributed by atoms with E-state index in [1.54, 1.807) is 18.2 Å². The van der Waals surface area contributed by atoms with E-state index in [-0.39, 0.29) is 11.7 Å². The Kier molecular flexibility index (Phi) is 7.10. The number of rotatable bonds is 8. The minimum Gasteiger partial charge on any atom is -0.435 e. The van der Waals surface area contributed by atoms with Crippen molar-refractivity contribution in [1.29, 1.82) is 0 Å². The number of amides is 1. The molecule has 0 bridgehead atoms. The molecule has 0 aromatic heterocycles. The number of aliphatic hydroxyl groups excluding tert-OH is 1. The van der Waals surface area contributed by atoms with Crippen LogP contribution in [0.4, 0.5) is 8.78 Å². The number of ether oxygens (including phenoxy) is 1. The van der Waals surface area contributed by atoms with Crippen molar-refractivity contribution in [3.05, 3.63) is 71.8 Å². The van der Waals surface area contributed by atoms with Gasteiger partial charge in [-0.1, -0.05) is 42.5 Å². The van der Waals surface area contributed by atoms with Crippen LogP contribution in [0.2, 0.25) is 0 Å². The Bertz CT molecular complexity index is 688. The Morgan fingerprint density at radius 3 is 2.44 bits per heavy atom. The average Bonchev–Trinajstić information content (AvgIpc) is 2.61. The third-order valence-corrected chi connectivity index (χ3v) is 3.43. The first-order valence-electron chi connectivity index (χ1n) is 7.78. The molecule has 0 saturated carbocycles. The van der Waals surface area contributed by atoms with E-state index in [9.17, 15) is 18.7 Å². The fourth-order valence-electron chi connectivity index (χ4n) is 2.17. The summed E-state index contributed by atoms with van der Waals surface area (Å²) in [4.78, 5) is 11.7. The molecule has 2 aromatic carbocycles. The van der Waals surface area contributed by atoms with Gasteiger partial charge in [-0.2, -0.15) is 8.78 Å². The highest BCUT2D eigenvalue weighted by molar-refractivity contribution is 5.91. The maximum Gasteiger partial charge on any atom is 0.387 e. The summed E-state index contributed by atoms with van der Waals surface area (Å²) in [6.45, 7) is -2.53. The van der Waals surface area contributed by atoms with Crippen LogP contribution in [-0.4, -0.2) is 24.2 Å². The molecule has 0 saturated heterocycles. The molecule has 0 spiro atoms. The first-order chi connectivity index (χ1) is 12.0. The summed E-state index contributed by atoms with van der Waals surface area (Å²) in [7, 11) is 0.